The normalized spacial score (nSPS) is 56.3. The Labute approximate surface area is 791 Å². The molecule has 0 aromatic heterocycles. The fourth-order valence-electron chi connectivity index (χ4n) is 50.3. The van der Waals surface area contributed by atoms with Crippen LogP contribution in [-0.2, 0) is 0 Å². The van der Waals surface area contributed by atoms with E-state index in [0.29, 0.717) is 0 Å². The summed E-state index contributed by atoms with van der Waals surface area (Å²) in [5.41, 5.74) is 0. The zero-order valence-corrected chi connectivity index (χ0v) is 88.5. The molecular formula is C116H187Cl2N2P5Si. The Morgan fingerprint density at radius 2 is 0.365 bits per heavy atom. The van der Waals surface area contributed by atoms with E-state index >= 15 is 0 Å². The van der Waals surface area contributed by atoms with Crippen LogP contribution in [0.25, 0.3) is 0 Å². The molecule has 40 fully saturated rings. The van der Waals surface area contributed by atoms with E-state index < -0.39 is 8.24 Å². The molecule has 10 heteroatoms. The molecular weight excluding hydrogens is 1680 g/mol. The molecule has 40 rings (SSSR count). The van der Waals surface area contributed by atoms with Crippen LogP contribution in [0.2, 0.25) is 19.6 Å². The van der Waals surface area contributed by atoms with Gasteiger partial charge in [0.05, 0.1) is 0 Å². The maximum absolute atomic E-state index is 5.39. The first-order valence-electron chi connectivity index (χ1n) is 58.5. The van der Waals surface area contributed by atoms with Gasteiger partial charge in [-0.15, -0.1) is 31.8 Å². The van der Waals surface area contributed by atoms with Crippen molar-refractivity contribution in [1.29, 1.82) is 0 Å². The summed E-state index contributed by atoms with van der Waals surface area (Å²) in [5, 5.41) is 12.7. The average molecular weight is 1860 g/mol. The summed E-state index contributed by atoms with van der Waals surface area (Å²) in [7, 11) is 0.526. The van der Waals surface area contributed by atoms with E-state index in [2.05, 4.69) is 29.5 Å². The molecule has 0 aromatic rings. The van der Waals surface area contributed by atoms with E-state index in [1.165, 1.54) is 41.2 Å². The lowest BCUT2D eigenvalue weighted by Gasteiger charge is -2.68. The van der Waals surface area contributed by atoms with E-state index in [4.69, 9.17) is 23.2 Å². The number of hydrogen-bond donors (Lipinski definition) is 1. The summed E-state index contributed by atoms with van der Waals surface area (Å²) in [5.74, 6) is 35.8. The van der Waals surface area contributed by atoms with Gasteiger partial charge in [0.1, 0.15) is 8.24 Å². The molecule has 0 saturated heterocycles. The second-order valence-corrected chi connectivity index (χ2v) is 80.5. The Kier molecular flexibility index (Phi) is 23.2. The molecule has 0 spiro atoms. The van der Waals surface area contributed by atoms with E-state index in [1.54, 1.807) is 410 Å². The molecule has 40 bridgehead atoms. The maximum Gasteiger partial charge on any atom is 0.119 e. The molecule has 40 aliphatic rings. The molecule has 0 amide bonds. The van der Waals surface area contributed by atoms with Crippen LogP contribution in [-0.4, -0.2) is 127 Å². The minimum Gasteiger partial charge on any atom is -0.323 e. The highest BCUT2D eigenvalue weighted by molar-refractivity contribution is 7.62. The molecule has 1 N–H and O–H groups in total. The third-order valence-electron chi connectivity index (χ3n) is 49.2. The minimum absolute atomic E-state index is 0.126. The van der Waals surface area contributed by atoms with Gasteiger partial charge in [0.15, 0.2) is 0 Å². The van der Waals surface area contributed by atoms with Gasteiger partial charge in [-0.1, -0.05) is 57.7 Å². The fraction of sp³-hybridized carbons (Fsp3) is 1.00. The summed E-state index contributed by atoms with van der Waals surface area (Å²) in [6.07, 6.45) is 110. The predicted molar refractivity (Wildman–Crippen MR) is 548 cm³/mol. The standard InChI is InChI=1S/C47H77NP2Si.C44H69NP2.C20H31P.C5H10Cl2/c1-51(2,3)48(4-6-49(44-20-32-8-33(21-44)10-34(9-32)22-44)45-23-35-11-36(24-45)13-37(12-35)25-45)5-7-50(46-26-38-14-39(27-46)16-40(15-38)28-46)47-29-41-17-42(30-47)19-43(18-41)31-47;1(3-46(41-17-29-5-30(18-41)7-31(6-29)19-41)42-20-32-8-33(21-42)10-34(9-32)22-42)45-2-4-47(43-23-35-11-36(24-43)13-37(12-35)25-43)44-26-38-14-39(27-44)16-40(15-38)28-44;1-13-2-15-3-14(1)8-19(7-13,9-15)21-20-10-16-4-17(11-20)6-18(5-16)12-20;6-4-2-1-3-5-7/h32-43H,4-31H2,1-3H3;29-40,45H,1-28H2;13-18,21H,1-12H2;1-5H2. The predicted octanol–water partition coefficient (Wildman–Crippen LogP) is 32.6. The molecule has 40 saturated carbocycles. The Balaban J connectivity index is 0.000000101. The number of halogens is 2. The zero-order valence-electron chi connectivity index (χ0n) is 81.4. The van der Waals surface area contributed by atoms with Crippen molar-refractivity contribution in [3.8, 4) is 0 Å². The number of unbranched alkanes of at least 4 members (excludes halogenated alkanes) is 2. The van der Waals surface area contributed by atoms with Gasteiger partial charge >= 0.3 is 0 Å². The smallest absolute Gasteiger partial charge is 0.119 e. The van der Waals surface area contributed by atoms with E-state index in [-0.39, 0.29) is 31.7 Å². The van der Waals surface area contributed by atoms with Crippen LogP contribution in [0.1, 0.15) is 405 Å². The van der Waals surface area contributed by atoms with E-state index in [9.17, 15) is 0 Å². The maximum atomic E-state index is 5.39. The number of alkyl halides is 2. The van der Waals surface area contributed by atoms with E-state index in [1.807, 2.05) is 0 Å². The molecule has 704 valence electrons. The molecule has 0 radical (unpaired) electrons. The molecule has 0 unspecified atom stereocenters. The first-order chi connectivity index (χ1) is 61.0. The Morgan fingerprint density at radius 3 is 0.508 bits per heavy atom. The van der Waals surface area contributed by atoms with Crippen molar-refractivity contribution in [2.45, 2.75) is 476 Å². The zero-order chi connectivity index (χ0) is 83.7. The fourth-order valence-corrected chi connectivity index (χ4v) is 77.0. The van der Waals surface area contributed by atoms with Gasteiger partial charge < -0.3 is 9.88 Å². The van der Waals surface area contributed by atoms with Crippen LogP contribution in [0.3, 0.4) is 0 Å². The van der Waals surface area contributed by atoms with Crippen LogP contribution < -0.4 is 5.32 Å². The monoisotopic (exact) mass is 1860 g/mol. The Bertz CT molecular complexity index is 3160. The van der Waals surface area contributed by atoms with Gasteiger partial charge in [-0.05, 0) is 678 Å². The first-order valence-corrected chi connectivity index (χ1v) is 70.1. The molecule has 0 aliphatic heterocycles. The summed E-state index contributed by atoms with van der Waals surface area (Å²) in [6.45, 7) is 14.2. The topological polar surface area (TPSA) is 15.3 Å². The van der Waals surface area contributed by atoms with Crippen LogP contribution >= 0.6 is 63.5 Å². The van der Waals surface area contributed by atoms with Crippen molar-refractivity contribution < 1.29 is 0 Å². The molecule has 2 nitrogen and oxygen atoms in total. The van der Waals surface area contributed by atoms with Crippen LogP contribution in [0.4, 0.5) is 0 Å². The van der Waals surface area contributed by atoms with Crippen LogP contribution in [0.15, 0.2) is 0 Å². The van der Waals surface area contributed by atoms with Gasteiger partial charge in [0, 0.05) is 11.8 Å². The summed E-state index contributed by atoms with van der Waals surface area (Å²) in [4.78, 5) is 0. The Morgan fingerprint density at radius 1 is 0.222 bits per heavy atom. The van der Waals surface area contributed by atoms with Crippen molar-refractivity contribution in [2.24, 2.45) is 178 Å². The lowest BCUT2D eigenvalue weighted by molar-refractivity contribution is 0.0181. The second-order valence-electron chi connectivity index (χ2n) is 59.6. The molecule has 0 atom stereocenters. The first kappa shape index (κ1) is 87.8. The highest BCUT2D eigenvalue weighted by Gasteiger charge is 2.70. The van der Waals surface area contributed by atoms with Gasteiger partial charge in [-0.2, -0.15) is 0 Å². The third kappa shape index (κ3) is 16.0. The third-order valence-corrected chi connectivity index (χ3v) is 70.5. The average Bonchev–Trinajstić information content (AvgIpc) is 0.714. The minimum atomic E-state index is -1.42. The largest absolute Gasteiger partial charge is 0.323 e. The van der Waals surface area contributed by atoms with Gasteiger partial charge in [-0.25, -0.2) is 0 Å². The highest BCUT2D eigenvalue weighted by Crippen LogP contribution is 2.85. The quantitative estimate of drug-likeness (QED) is 0.0382. The molecule has 0 aromatic carbocycles. The number of hydrogen-bond acceptors (Lipinski definition) is 2. The SMILES string of the molecule is C(CP(C12CC3CC(CC(C3)C1)C2)C12CC3CC(CC(C3)C1)C2)NCCP(C12CC3CC(CC(C3)C1)C2)C12CC3CC(CC(C3)C1)C2.C1C2CC3CC1CC(PC14CC5CC(CC(C5)C1)C4)(C2)C3.C[Si](C)(C)N(CCP(C12CC3CC(CC(C3)C1)C2)C12CC3CC(CC(C3)C1)C2)CCP(C12CC3CC(CC(C3)C1)C2)C12CC3CC(CC(C3)C1)C2.ClCCCCCCl. The Hall–Kier alpha value is 2.87. The lowest BCUT2D eigenvalue weighted by atomic mass is 9.55. The lowest BCUT2D eigenvalue weighted by Crippen LogP contribution is -2.58. The summed E-state index contributed by atoms with van der Waals surface area (Å²) in [6, 6.07) is 0. The van der Waals surface area contributed by atoms with E-state index in [0.717, 1.165) is 254 Å². The highest BCUT2D eigenvalue weighted by atomic mass is 35.5. The molecule has 0 heterocycles. The van der Waals surface area contributed by atoms with Crippen molar-refractivity contribution >= 4 is 71.7 Å². The van der Waals surface area contributed by atoms with Crippen LogP contribution in [0, 0.1) is 178 Å². The van der Waals surface area contributed by atoms with Crippen molar-refractivity contribution in [1.82, 2.24) is 9.88 Å². The molecule has 40 aliphatic carbocycles. The number of nitrogens with one attached hydrogen (secondary N) is 1. The van der Waals surface area contributed by atoms with Gasteiger partial charge in [-0.3, -0.25) is 0 Å². The summed E-state index contributed by atoms with van der Waals surface area (Å²) < 4.78 is 3.35. The summed E-state index contributed by atoms with van der Waals surface area (Å²) >= 11 is 10.8. The number of rotatable bonds is 27. The number of nitrogens with zero attached hydrogens (tertiary/aromatic N) is 1. The van der Waals surface area contributed by atoms with Crippen LogP contribution in [0.5, 0.6) is 0 Å². The van der Waals surface area contributed by atoms with Crippen molar-refractivity contribution in [3.63, 3.8) is 0 Å². The van der Waals surface area contributed by atoms with Gasteiger partial charge in [0.25, 0.3) is 0 Å². The van der Waals surface area contributed by atoms with Gasteiger partial charge in [0.2, 0.25) is 0 Å². The molecule has 126 heavy (non-hydrogen) atoms. The van der Waals surface area contributed by atoms with Crippen molar-refractivity contribution in [3.05, 3.63) is 0 Å². The van der Waals surface area contributed by atoms with Crippen molar-refractivity contribution in [2.75, 3.05) is 62.6 Å². The second kappa shape index (κ2) is 33.2.